The lowest BCUT2D eigenvalue weighted by atomic mass is 9.84. The number of benzene rings is 1. The molecule has 0 aliphatic heterocycles. The summed E-state index contributed by atoms with van der Waals surface area (Å²) in [5.74, 6) is -0.258. The van der Waals surface area contributed by atoms with Gasteiger partial charge in [0.15, 0.2) is 0 Å². The van der Waals surface area contributed by atoms with E-state index in [-0.39, 0.29) is 29.0 Å². The van der Waals surface area contributed by atoms with Crippen molar-refractivity contribution in [2.75, 3.05) is 30.4 Å². The second kappa shape index (κ2) is 11.2. The van der Waals surface area contributed by atoms with Gasteiger partial charge in [-0.25, -0.2) is 21.9 Å². The van der Waals surface area contributed by atoms with E-state index in [0.717, 1.165) is 32.1 Å². The molecule has 11 heteroatoms. The number of alkyl halides is 2. The summed E-state index contributed by atoms with van der Waals surface area (Å²) < 4.78 is 52.0. The van der Waals surface area contributed by atoms with E-state index in [9.17, 15) is 27.1 Å². The molecule has 0 spiro atoms. The number of carbonyl (C=O) groups excluding carboxylic acids is 1. The lowest BCUT2D eigenvalue weighted by molar-refractivity contribution is -0.118. The van der Waals surface area contributed by atoms with E-state index < -0.39 is 35.1 Å². The monoisotopic (exact) mass is 462 g/mol. The number of hydrogen-bond donors (Lipinski definition) is 4. The van der Waals surface area contributed by atoms with Crippen LogP contribution in [0.25, 0.3) is 0 Å². The number of amides is 1. The number of halogens is 2. The molecule has 0 unspecified atom stereocenters. The molecule has 5 N–H and O–H groups in total. The van der Waals surface area contributed by atoms with Crippen LogP contribution in [0, 0.1) is 5.92 Å². The van der Waals surface area contributed by atoms with E-state index in [1.165, 1.54) is 30.0 Å². The average Bonchev–Trinajstić information content (AvgIpc) is 2.71. The zero-order valence-electron chi connectivity index (χ0n) is 17.9. The lowest BCUT2D eigenvalue weighted by Crippen LogP contribution is -2.42. The zero-order chi connectivity index (χ0) is 23.2. The lowest BCUT2D eigenvalue weighted by Gasteiger charge is -2.27. The third kappa shape index (κ3) is 7.37. The number of aliphatic hydroxyl groups excluding tert-OH is 1. The second-order valence-electron chi connectivity index (χ2n) is 8.07. The fourth-order valence-corrected chi connectivity index (χ4v) is 5.04. The Balaban J connectivity index is 2.28. The number of rotatable bonds is 10. The van der Waals surface area contributed by atoms with Crippen LogP contribution in [0.3, 0.4) is 0 Å². The molecule has 1 aromatic carbocycles. The van der Waals surface area contributed by atoms with E-state index in [1.54, 1.807) is 7.05 Å². The number of nitrogens with one attached hydrogen (secondary N) is 2. The fraction of sp³-hybridized carbons (Fsp3) is 0.650. The smallest absolute Gasteiger partial charge is 0.251 e. The Morgan fingerprint density at radius 2 is 1.94 bits per heavy atom. The van der Waals surface area contributed by atoms with E-state index >= 15 is 0 Å². The first-order valence-electron chi connectivity index (χ1n) is 10.4. The average molecular weight is 463 g/mol. The summed E-state index contributed by atoms with van der Waals surface area (Å²) in [6, 6.07) is 3.39. The van der Waals surface area contributed by atoms with E-state index in [2.05, 4.69) is 5.32 Å². The summed E-state index contributed by atoms with van der Waals surface area (Å²) in [5.41, 5.74) is 6.63. The Morgan fingerprint density at radius 1 is 1.29 bits per heavy atom. The standard InChI is InChI=1S/C20H32F2N4O4S/c1-13(27)12-26(2)16-10-15(8-9-17(16)31(29,30)24-11-18(21)22)25-20(28)19(23)14-6-4-3-5-7-14/h8-10,13-14,18-19,24,27H,3-7,11-12,23H2,1-2H3,(H,25,28)/t13-,19-/m0/s1. The molecule has 0 radical (unpaired) electrons. The summed E-state index contributed by atoms with van der Waals surface area (Å²) in [7, 11) is -2.67. The minimum atomic E-state index is -4.24. The van der Waals surface area contributed by atoms with Crippen molar-refractivity contribution in [3.8, 4) is 0 Å². The predicted molar refractivity (Wildman–Crippen MR) is 116 cm³/mol. The first-order chi connectivity index (χ1) is 14.5. The van der Waals surface area contributed by atoms with Crippen LogP contribution < -0.4 is 20.7 Å². The maximum absolute atomic E-state index is 12.6. The summed E-state index contributed by atoms with van der Waals surface area (Å²) >= 11 is 0. The minimum absolute atomic E-state index is 0.0936. The van der Waals surface area contributed by atoms with Crippen LogP contribution in [0.1, 0.15) is 39.0 Å². The predicted octanol–water partition coefficient (Wildman–Crippen LogP) is 1.89. The molecule has 0 aromatic heterocycles. The Kier molecular flexibility index (Phi) is 9.16. The zero-order valence-corrected chi connectivity index (χ0v) is 18.7. The van der Waals surface area contributed by atoms with Crippen LogP contribution >= 0.6 is 0 Å². The number of sulfonamides is 1. The summed E-state index contributed by atoms with van der Waals surface area (Å²) in [6.07, 6.45) is 1.39. The van der Waals surface area contributed by atoms with Gasteiger partial charge >= 0.3 is 0 Å². The number of aliphatic hydroxyl groups is 1. The van der Waals surface area contributed by atoms with Crippen LogP contribution in [-0.4, -0.2) is 58.1 Å². The first-order valence-corrected chi connectivity index (χ1v) is 11.9. The number of likely N-dealkylation sites (N-methyl/N-ethyl adjacent to an activating group) is 1. The van der Waals surface area contributed by atoms with Crippen molar-refractivity contribution in [2.45, 2.75) is 62.5 Å². The van der Waals surface area contributed by atoms with E-state index in [4.69, 9.17) is 5.73 Å². The van der Waals surface area contributed by atoms with Gasteiger partial charge in [-0.3, -0.25) is 4.79 Å². The Labute approximate surface area is 182 Å². The highest BCUT2D eigenvalue weighted by molar-refractivity contribution is 7.89. The van der Waals surface area contributed by atoms with Crippen LogP contribution in [0.4, 0.5) is 20.2 Å². The number of carbonyl (C=O) groups is 1. The van der Waals surface area contributed by atoms with Gasteiger partial charge in [0.25, 0.3) is 6.43 Å². The van der Waals surface area contributed by atoms with Gasteiger partial charge in [0.1, 0.15) is 4.90 Å². The Bertz CT molecular complexity index is 846. The van der Waals surface area contributed by atoms with Gasteiger partial charge in [0, 0.05) is 19.3 Å². The third-order valence-electron chi connectivity index (χ3n) is 5.35. The summed E-state index contributed by atoms with van der Waals surface area (Å²) in [4.78, 5) is 13.9. The van der Waals surface area contributed by atoms with Crippen LogP contribution in [0.15, 0.2) is 23.1 Å². The molecule has 1 aliphatic rings. The summed E-state index contributed by atoms with van der Waals surface area (Å²) in [6.45, 7) is 0.613. The molecule has 176 valence electrons. The van der Waals surface area contributed by atoms with E-state index in [1.807, 2.05) is 4.72 Å². The topological polar surface area (TPSA) is 125 Å². The normalized spacial score (nSPS) is 17.4. The van der Waals surface area contributed by atoms with Crippen molar-refractivity contribution < 1.29 is 27.1 Å². The third-order valence-corrected chi connectivity index (χ3v) is 6.82. The summed E-state index contributed by atoms with van der Waals surface area (Å²) in [5, 5.41) is 12.4. The van der Waals surface area contributed by atoms with Crippen molar-refractivity contribution in [1.82, 2.24) is 4.72 Å². The van der Waals surface area contributed by atoms with Crippen molar-refractivity contribution in [2.24, 2.45) is 11.7 Å². The van der Waals surface area contributed by atoms with Gasteiger partial charge in [-0.15, -0.1) is 0 Å². The van der Waals surface area contributed by atoms with Gasteiger partial charge in [-0.1, -0.05) is 19.3 Å². The van der Waals surface area contributed by atoms with Crippen LogP contribution in [-0.2, 0) is 14.8 Å². The second-order valence-corrected chi connectivity index (χ2v) is 9.80. The molecule has 31 heavy (non-hydrogen) atoms. The van der Waals surface area contributed by atoms with Gasteiger partial charge in [0.05, 0.1) is 24.4 Å². The Morgan fingerprint density at radius 3 is 2.52 bits per heavy atom. The van der Waals surface area contributed by atoms with Crippen LogP contribution in [0.2, 0.25) is 0 Å². The van der Waals surface area contributed by atoms with Gasteiger partial charge in [0.2, 0.25) is 15.9 Å². The molecule has 1 saturated carbocycles. The molecule has 8 nitrogen and oxygen atoms in total. The molecule has 0 heterocycles. The number of anilines is 2. The van der Waals surface area contributed by atoms with E-state index in [0.29, 0.717) is 5.69 Å². The van der Waals surface area contributed by atoms with Crippen molar-refractivity contribution in [3.05, 3.63) is 18.2 Å². The molecule has 1 amide bonds. The molecule has 1 aromatic rings. The first kappa shape index (κ1) is 25.4. The molecule has 0 saturated heterocycles. The van der Waals surface area contributed by atoms with Gasteiger partial charge < -0.3 is 21.1 Å². The highest BCUT2D eigenvalue weighted by atomic mass is 32.2. The highest BCUT2D eigenvalue weighted by Gasteiger charge is 2.27. The fourth-order valence-electron chi connectivity index (χ4n) is 3.80. The molecular formula is C20H32F2N4O4S. The maximum atomic E-state index is 12.6. The maximum Gasteiger partial charge on any atom is 0.251 e. The van der Waals surface area contributed by atoms with Gasteiger partial charge in [-0.2, -0.15) is 0 Å². The molecular weight excluding hydrogens is 430 g/mol. The van der Waals surface area contributed by atoms with Crippen LogP contribution in [0.5, 0.6) is 0 Å². The van der Waals surface area contributed by atoms with Crippen molar-refractivity contribution >= 4 is 27.3 Å². The quantitative estimate of drug-likeness (QED) is 0.421. The van der Waals surface area contributed by atoms with Gasteiger partial charge in [-0.05, 0) is 43.9 Å². The number of hydrogen-bond acceptors (Lipinski definition) is 6. The molecule has 1 fully saturated rings. The number of nitrogens with zero attached hydrogens (tertiary/aromatic N) is 1. The Hall–Kier alpha value is -1.82. The SMILES string of the molecule is C[C@H](O)CN(C)c1cc(NC(=O)[C@@H](N)C2CCCCC2)ccc1S(=O)(=O)NCC(F)F. The largest absolute Gasteiger partial charge is 0.392 e. The molecule has 2 atom stereocenters. The number of nitrogens with two attached hydrogens (primary N) is 1. The van der Waals surface area contributed by atoms with Crippen molar-refractivity contribution in [3.63, 3.8) is 0 Å². The highest BCUT2D eigenvalue weighted by Crippen LogP contribution is 2.30. The minimum Gasteiger partial charge on any atom is -0.392 e. The molecule has 0 bridgehead atoms. The molecule has 1 aliphatic carbocycles. The molecule has 2 rings (SSSR count). The van der Waals surface area contributed by atoms with Crippen molar-refractivity contribution in [1.29, 1.82) is 0 Å².